The van der Waals surface area contributed by atoms with Gasteiger partial charge in [0.2, 0.25) is 0 Å². The van der Waals surface area contributed by atoms with Gasteiger partial charge in [0.1, 0.15) is 5.82 Å². The summed E-state index contributed by atoms with van der Waals surface area (Å²) in [4.78, 5) is 15.7. The van der Waals surface area contributed by atoms with Crippen LogP contribution in [0, 0.1) is 5.92 Å². The average molecular weight is 267 g/mol. The Labute approximate surface area is 110 Å². The summed E-state index contributed by atoms with van der Waals surface area (Å²) in [6.45, 7) is 0.879. The second-order valence-electron chi connectivity index (χ2n) is 4.26. The molecule has 1 aromatic rings. The lowest BCUT2D eigenvalue weighted by Gasteiger charge is -2.11. The lowest BCUT2D eigenvalue weighted by molar-refractivity contribution is 0.0602. The van der Waals surface area contributed by atoms with Crippen LogP contribution in [0.15, 0.2) is 12.3 Å². The van der Waals surface area contributed by atoms with E-state index in [1.165, 1.54) is 31.2 Å². The first-order valence-corrected chi connectivity index (χ1v) is 7.01. The number of nitrogen functional groups attached to an aromatic ring is 1. The summed E-state index contributed by atoms with van der Waals surface area (Å²) < 4.78 is 4.67. The summed E-state index contributed by atoms with van der Waals surface area (Å²) in [5.74, 6) is 3.33. The van der Waals surface area contributed by atoms with Crippen molar-refractivity contribution < 1.29 is 9.53 Å². The average Bonchev–Trinajstić information content (AvgIpc) is 2.90. The number of rotatable bonds is 4. The second kappa shape index (κ2) is 5.95. The van der Waals surface area contributed by atoms with Crippen LogP contribution >= 0.6 is 11.8 Å². The minimum Gasteiger partial charge on any atom is -0.465 e. The van der Waals surface area contributed by atoms with Gasteiger partial charge in [0, 0.05) is 6.54 Å². The number of nitrogens with one attached hydrogen (secondary N) is 1. The molecule has 0 spiro atoms. The second-order valence-corrected chi connectivity index (χ2v) is 5.41. The fourth-order valence-electron chi connectivity index (χ4n) is 1.84. The number of hydrogen-bond acceptors (Lipinski definition) is 6. The third-order valence-corrected chi connectivity index (χ3v) is 4.17. The number of carbonyl (C=O) groups is 1. The summed E-state index contributed by atoms with van der Waals surface area (Å²) in [5, 5.41) is 3.25. The van der Waals surface area contributed by atoms with Crippen molar-refractivity contribution in [2.24, 2.45) is 5.92 Å². The van der Waals surface area contributed by atoms with Crippen molar-refractivity contribution in [2.45, 2.75) is 6.42 Å². The predicted octanol–water partition coefficient (Wildman–Crippen LogP) is 1.62. The topological polar surface area (TPSA) is 77.2 Å². The van der Waals surface area contributed by atoms with E-state index >= 15 is 0 Å². The Kier molecular flexibility index (Phi) is 4.30. The van der Waals surface area contributed by atoms with Crippen LogP contribution in [-0.4, -0.2) is 36.1 Å². The van der Waals surface area contributed by atoms with Crippen LogP contribution in [0.4, 0.5) is 11.5 Å². The molecular formula is C12H17N3O2S. The molecule has 2 rings (SSSR count). The number of pyridine rings is 1. The van der Waals surface area contributed by atoms with Crippen molar-refractivity contribution in [3.05, 3.63) is 17.8 Å². The first-order chi connectivity index (χ1) is 8.70. The van der Waals surface area contributed by atoms with Crippen LogP contribution in [0.5, 0.6) is 0 Å². The number of anilines is 2. The molecule has 0 radical (unpaired) electrons. The van der Waals surface area contributed by atoms with Gasteiger partial charge in [-0.2, -0.15) is 11.8 Å². The molecule has 1 aliphatic rings. The highest BCUT2D eigenvalue weighted by molar-refractivity contribution is 7.99. The van der Waals surface area contributed by atoms with Crippen molar-refractivity contribution in [1.29, 1.82) is 0 Å². The number of aromatic nitrogens is 1. The maximum Gasteiger partial charge on any atom is 0.340 e. The van der Waals surface area contributed by atoms with E-state index in [0.29, 0.717) is 23.0 Å². The number of nitrogens with two attached hydrogens (primary N) is 1. The highest BCUT2D eigenvalue weighted by Crippen LogP contribution is 2.24. The molecule has 0 aromatic carbocycles. The van der Waals surface area contributed by atoms with Crippen LogP contribution < -0.4 is 11.1 Å². The van der Waals surface area contributed by atoms with Crippen molar-refractivity contribution in [1.82, 2.24) is 4.98 Å². The molecule has 1 unspecified atom stereocenters. The molecule has 0 amide bonds. The summed E-state index contributed by atoms with van der Waals surface area (Å²) >= 11 is 1.98. The zero-order valence-corrected chi connectivity index (χ0v) is 11.1. The molecule has 0 saturated carbocycles. The van der Waals surface area contributed by atoms with E-state index in [1.54, 1.807) is 6.07 Å². The fourth-order valence-corrected chi connectivity index (χ4v) is 3.13. The lowest BCUT2D eigenvalue weighted by atomic mass is 10.1. The molecule has 1 saturated heterocycles. The third-order valence-electron chi connectivity index (χ3n) is 2.94. The normalized spacial score (nSPS) is 18.6. The van der Waals surface area contributed by atoms with E-state index in [-0.39, 0.29) is 0 Å². The SMILES string of the molecule is COC(=O)c1cc(NCC2CCSC2)ncc1N. The van der Waals surface area contributed by atoms with Gasteiger partial charge >= 0.3 is 5.97 Å². The molecule has 1 atom stereocenters. The first kappa shape index (κ1) is 13.0. The smallest absolute Gasteiger partial charge is 0.340 e. The van der Waals surface area contributed by atoms with Crippen LogP contribution in [0.1, 0.15) is 16.8 Å². The summed E-state index contributed by atoms with van der Waals surface area (Å²) in [6, 6.07) is 1.64. The van der Waals surface area contributed by atoms with E-state index in [2.05, 4.69) is 15.0 Å². The van der Waals surface area contributed by atoms with Gasteiger partial charge in [-0.05, 0) is 29.9 Å². The standard InChI is InChI=1S/C12H17N3O2S/c1-17-12(16)9-4-11(15-6-10(9)13)14-5-8-2-3-18-7-8/h4,6,8H,2-3,5,7,13H2,1H3,(H,14,15). The van der Waals surface area contributed by atoms with E-state index in [1.807, 2.05) is 11.8 Å². The van der Waals surface area contributed by atoms with Gasteiger partial charge in [-0.3, -0.25) is 0 Å². The number of ether oxygens (including phenoxy) is 1. The lowest BCUT2D eigenvalue weighted by Crippen LogP contribution is -2.15. The molecule has 6 heteroatoms. The molecule has 1 fully saturated rings. The van der Waals surface area contributed by atoms with Crippen LogP contribution in [0.3, 0.4) is 0 Å². The first-order valence-electron chi connectivity index (χ1n) is 5.86. The highest BCUT2D eigenvalue weighted by Gasteiger charge is 2.16. The van der Waals surface area contributed by atoms with Crippen LogP contribution in [0.2, 0.25) is 0 Å². The van der Waals surface area contributed by atoms with E-state index in [9.17, 15) is 4.79 Å². The molecule has 0 bridgehead atoms. The van der Waals surface area contributed by atoms with Crippen molar-refractivity contribution in [3.63, 3.8) is 0 Å². The van der Waals surface area contributed by atoms with Crippen molar-refractivity contribution in [2.75, 3.05) is 36.2 Å². The van der Waals surface area contributed by atoms with E-state index in [0.717, 1.165) is 6.54 Å². The largest absolute Gasteiger partial charge is 0.465 e. The molecule has 5 nitrogen and oxygen atoms in total. The number of methoxy groups -OCH3 is 1. The van der Waals surface area contributed by atoms with Gasteiger partial charge in [0.25, 0.3) is 0 Å². The van der Waals surface area contributed by atoms with Gasteiger partial charge < -0.3 is 15.8 Å². The van der Waals surface area contributed by atoms with Gasteiger partial charge in [-0.25, -0.2) is 9.78 Å². The Morgan fingerprint density at radius 3 is 3.22 bits per heavy atom. The maximum absolute atomic E-state index is 11.5. The molecule has 2 heterocycles. The Morgan fingerprint density at radius 2 is 2.56 bits per heavy atom. The number of thioether (sulfide) groups is 1. The number of carbonyl (C=O) groups excluding carboxylic acids is 1. The van der Waals surface area contributed by atoms with Crippen molar-refractivity contribution >= 4 is 29.2 Å². The Morgan fingerprint density at radius 1 is 1.72 bits per heavy atom. The van der Waals surface area contributed by atoms with Gasteiger partial charge in [-0.15, -0.1) is 0 Å². The Balaban J connectivity index is 2.02. The minimum absolute atomic E-state index is 0.337. The number of nitrogens with zero attached hydrogens (tertiary/aromatic N) is 1. The quantitative estimate of drug-likeness (QED) is 0.807. The minimum atomic E-state index is -0.436. The molecule has 1 aromatic heterocycles. The van der Waals surface area contributed by atoms with Crippen LogP contribution in [-0.2, 0) is 4.74 Å². The zero-order chi connectivity index (χ0) is 13.0. The fraction of sp³-hybridized carbons (Fsp3) is 0.500. The molecule has 18 heavy (non-hydrogen) atoms. The number of hydrogen-bond donors (Lipinski definition) is 2. The number of esters is 1. The summed E-state index contributed by atoms with van der Waals surface area (Å²) in [5.41, 5.74) is 6.38. The Bertz CT molecular complexity index is 433. The Hall–Kier alpha value is -1.43. The van der Waals surface area contributed by atoms with Gasteiger partial charge in [-0.1, -0.05) is 0 Å². The van der Waals surface area contributed by atoms with Gasteiger partial charge in [0.05, 0.1) is 24.6 Å². The van der Waals surface area contributed by atoms with E-state index in [4.69, 9.17) is 5.73 Å². The molecule has 0 aliphatic carbocycles. The van der Waals surface area contributed by atoms with Gasteiger partial charge in [0.15, 0.2) is 0 Å². The third kappa shape index (κ3) is 3.07. The molecule has 1 aliphatic heterocycles. The van der Waals surface area contributed by atoms with E-state index < -0.39 is 5.97 Å². The van der Waals surface area contributed by atoms with Crippen LogP contribution in [0.25, 0.3) is 0 Å². The predicted molar refractivity (Wildman–Crippen MR) is 73.9 cm³/mol. The zero-order valence-electron chi connectivity index (χ0n) is 10.3. The monoisotopic (exact) mass is 267 g/mol. The highest BCUT2D eigenvalue weighted by atomic mass is 32.2. The maximum atomic E-state index is 11.5. The summed E-state index contributed by atoms with van der Waals surface area (Å²) in [6.07, 6.45) is 2.72. The summed E-state index contributed by atoms with van der Waals surface area (Å²) in [7, 11) is 1.34. The molecule has 98 valence electrons. The van der Waals surface area contributed by atoms with Crippen molar-refractivity contribution in [3.8, 4) is 0 Å². The molecular weight excluding hydrogens is 250 g/mol. The molecule has 3 N–H and O–H groups in total.